The van der Waals surface area contributed by atoms with Crippen LogP contribution in [0.3, 0.4) is 0 Å². The average Bonchev–Trinajstić information content (AvgIpc) is 2.49. The van der Waals surface area contributed by atoms with Gasteiger partial charge in [0.15, 0.2) is 0 Å². The van der Waals surface area contributed by atoms with Gasteiger partial charge < -0.3 is 10.1 Å². The van der Waals surface area contributed by atoms with Crippen molar-refractivity contribution in [2.45, 2.75) is 64.7 Å². The number of esters is 1. The Balaban J connectivity index is 3.29. The van der Waals surface area contributed by atoms with E-state index in [-0.39, 0.29) is 11.9 Å². The normalized spacial score (nSPS) is 10.3. The average molecular weight is 330 g/mol. The maximum atomic E-state index is 11.6. The number of thiol groups is 1. The third-order valence-electron chi connectivity index (χ3n) is 3.29. The van der Waals surface area contributed by atoms with E-state index >= 15 is 0 Å². The van der Waals surface area contributed by atoms with Crippen LogP contribution in [0, 0.1) is 0 Å². The molecule has 22 heavy (non-hydrogen) atoms. The Kier molecular flexibility index (Phi) is 14.3. The highest BCUT2D eigenvalue weighted by Gasteiger charge is 2.03. The fourth-order valence-corrected chi connectivity index (χ4v) is 2.18. The SMILES string of the molecule is C=C(C)C(=O)OCCCNC(=O)CCCCCCCCCS. The lowest BCUT2D eigenvalue weighted by Gasteiger charge is -2.06. The topological polar surface area (TPSA) is 55.4 Å². The van der Waals surface area contributed by atoms with Crippen molar-refractivity contribution in [3.63, 3.8) is 0 Å². The molecule has 0 fully saturated rings. The first-order valence-corrected chi connectivity index (χ1v) is 8.91. The van der Waals surface area contributed by atoms with E-state index in [1.807, 2.05) is 0 Å². The second-order valence-corrected chi connectivity index (χ2v) is 6.02. The molecule has 0 radical (unpaired) electrons. The molecule has 1 N–H and O–H groups in total. The van der Waals surface area contributed by atoms with Gasteiger partial charge in [-0.1, -0.05) is 38.7 Å². The van der Waals surface area contributed by atoms with Gasteiger partial charge in [-0.3, -0.25) is 4.79 Å². The zero-order chi connectivity index (χ0) is 16.6. The van der Waals surface area contributed by atoms with Crippen molar-refractivity contribution in [1.29, 1.82) is 0 Å². The van der Waals surface area contributed by atoms with Gasteiger partial charge in [0.2, 0.25) is 5.91 Å². The van der Waals surface area contributed by atoms with E-state index < -0.39 is 0 Å². The smallest absolute Gasteiger partial charge is 0.333 e. The summed E-state index contributed by atoms with van der Waals surface area (Å²) in [6, 6.07) is 0. The highest BCUT2D eigenvalue weighted by molar-refractivity contribution is 7.80. The summed E-state index contributed by atoms with van der Waals surface area (Å²) in [5, 5.41) is 2.84. The van der Waals surface area contributed by atoms with Crippen LogP contribution >= 0.6 is 12.6 Å². The summed E-state index contributed by atoms with van der Waals surface area (Å²) in [5.41, 5.74) is 0.398. The fraction of sp³-hybridized carbons (Fsp3) is 0.765. The quantitative estimate of drug-likeness (QED) is 0.221. The van der Waals surface area contributed by atoms with Crippen molar-refractivity contribution in [2.75, 3.05) is 18.9 Å². The van der Waals surface area contributed by atoms with Gasteiger partial charge in [-0.05, 0) is 31.9 Å². The number of rotatable bonds is 14. The Morgan fingerprint density at radius 2 is 1.59 bits per heavy atom. The Morgan fingerprint density at radius 1 is 1.00 bits per heavy atom. The third kappa shape index (κ3) is 14.0. The van der Waals surface area contributed by atoms with E-state index in [1.165, 1.54) is 32.1 Å². The molecule has 4 nitrogen and oxygen atoms in total. The number of nitrogens with one attached hydrogen (secondary N) is 1. The number of carbonyl (C=O) groups is 2. The molecule has 0 saturated heterocycles. The first-order valence-electron chi connectivity index (χ1n) is 8.28. The maximum absolute atomic E-state index is 11.6. The first kappa shape index (κ1) is 21.0. The molecule has 1 amide bonds. The van der Waals surface area contributed by atoms with Gasteiger partial charge in [0, 0.05) is 18.5 Å². The van der Waals surface area contributed by atoms with E-state index in [1.54, 1.807) is 6.92 Å². The van der Waals surface area contributed by atoms with Crippen LogP contribution < -0.4 is 5.32 Å². The van der Waals surface area contributed by atoms with Crippen LogP contribution in [0.25, 0.3) is 0 Å². The summed E-state index contributed by atoms with van der Waals surface area (Å²) in [4.78, 5) is 22.7. The lowest BCUT2D eigenvalue weighted by molar-refractivity contribution is -0.138. The molecule has 0 heterocycles. The van der Waals surface area contributed by atoms with Crippen LogP contribution in [0.5, 0.6) is 0 Å². The minimum Gasteiger partial charge on any atom is -0.462 e. The second kappa shape index (κ2) is 14.9. The highest BCUT2D eigenvalue weighted by atomic mass is 32.1. The van der Waals surface area contributed by atoms with Gasteiger partial charge in [0.25, 0.3) is 0 Å². The highest BCUT2D eigenvalue weighted by Crippen LogP contribution is 2.08. The number of carbonyl (C=O) groups excluding carboxylic acids is 2. The zero-order valence-corrected chi connectivity index (χ0v) is 14.8. The van der Waals surface area contributed by atoms with Crippen LogP contribution in [0.4, 0.5) is 0 Å². The molecule has 0 saturated carbocycles. The molecular weight excluding hydrogens is 298 g/mol. The number of ether oxygens (including phenoxy) is 1. The zero-order valence-electron chi connectivity index (χ0n) is 13.9. The number of amides is 1. The minimum absolute atomic E-state index is 0.0845. The predicted octanol–water partition coefficient (Wildman–Crippen LogP) is 3.66. The number of hydrogen-bond acceptors (Lipinski definition) is 4. The maximum Gasteiger partial charge on any atom is 0.333 e. The fourth-order valence-electron chi connectivity index (χ4n) is 1.96. The van der Waals surface area contributed by atoms with Crippen LogP contribution in [-0.2, 0) is 14.3 Å². The minimum atomic E-state index is -0.374. The third-order valence-corrected chi connectivity index (χ3v) is 3.60. The van der Waals surface area contributed by atoms with E-state index in [9.17, 15) is 9.59 Å². The summed E-state index contributed by atoms with van der Waals surface area (Å²) >= 11 is 4.19. The van der Waals surface area contributed by atoms with Gasteiger partial charge in [0.05, 0.1) is 6.61 Å². The lowest BCUT2D eigenvalue weighted by Crippen LogP contribution is -2.25. The van der Waals surface area contributed by atoms with E-state index in [0.29, 0.717) is 31.6 Å². The van der Waals surface area contributed by atoms with Gasteiger partial charge in [-0.25, -0.2) is 4.79 Å². The monoisotopic (exact) mass is 329 g/mol. The molecular formula is C17H31NO3S. The number of hydrogen-bond donors (Lipinski definition) is 2. The van der Waals surface area contributed by atoms with Crippen molar-refractivity contribution < 1.29 is 14.3 Å². The van der Waals surface area contributed by atoms with Crippen LogP contribution in [0.2, 0.25) is 0 Å². The molecule has 0 aromatic carbocycles. The Morgan fingerprint density at radius 3 is 2.18 bits per heavy atom. The Bertz CT molecular complexity index is 332. The van der Waals surface area contributed by atoms with E-state index in [4.69, 9.17) is 4.74 Å². The molecule has 0 bridgehead atoms. The number of unbranched alkanes of at least 4 members (excludes halogenated alkanes) is 6. The summed E-state index contributed by atoms with van der Waals surface area (Å²) < 4.78 is 4.94. The van der Waals surface area contributed by atoms with Crippen molar-refractivity contribution >= 4 is 24.5 Å². The molecule has 128 valence electrons. The van der Waals surface area contributed by atoms with Crippen LogP contribution in [-0.4, -0.2) is 30.8 Å². The molecule has 0 unspecified atom stereocenters. The van der Waals surface area contributed by atoms with Crippen molar-refractivity contribution in [1.82, 2.24) is 5.32 Å². The molecule has 0 aliphatic heterocycles. The standard InChI is InChI=1S/C17H31NO3S/c1-15(2)17(20)21-13-10-12-18-16(19)11-8-6-4-3-5-7-9-14-22/h22H,1,3-14H2,2H3,(H,18,19). The molecule has 0 aliphatic rings. The van der Waals surface area contributed by atoms with Crippen molar-refractivity contribution in [3.8, 4) is 0 Å². The lowest BCUT2D eigenvalue weighted by atomic mass is 10.1. The molecule has 0 aliphatic carbocycles. The molecule has 5 heteroatoms. The summed E-state index contributed by atoms with van der Waals surface area (Å²) in [7, 11) is 0. The summed E-state index contributed by atoms with van der Waals surface area (Å²) in [6.45, 7) is 5.98. The molecule has 0 aromatic rings. The first-order chi connectivity index (χ1) is 10.6. The summed E-state index contributed by atoms with van der Waals surface area (Å²) in [6.07, 6.45) is 9.48. The van der Waals surface area contributed by atoms with Gasteiger partial charge >= 0.3 is 5.97 Å². The Hall–Kier alpha value is -0.970. The second-order valence-electron chi connectivity index (χ2n) is 5.57. The van der Waals surface area contributed by atoms with Gasteiger partial charge in [0.1, 0.15) is 0 Å². The largest absolute Gasteiger partial charge is 0.462 e. The molecule has 0 atom stereocenters. The van der Waals surface area contributed by atoms with E-state index in [0.717, 1.165) is 18.6 Å². The van der Waals surface area contributed by atoms with Crippen molar-refractivity contribution in [3.05, 3.63) is 12.2 Å². The Labute approximate surface area is 140 Å². The predicted molar refractivity (Wildman–Crippen MR) is 94.2 cm³/mol. The van der Waals surface area contributed by atoms with Crippen molar-refractivity contribution in [2.24, 2.45) is 0 Å². The van der Waals surface area contributed by atoms with Gasteiger partial charge in [-0.2, -0.15) is 12.6 Å². The van der Waals surface area contributed by atoms with Gasteiger partial charge in [-0.15, -0.1) is 0 Å². The van der Waals surface area contributed by atoms with E-state index in [2.05, 4.69) is 24.5 Å². The molecule has 0 spiro atoms. The molecule has 0 rings (SSSR count). The van der Waals surface area contributed by atoms with Crippen LogP contribution in [0.1, 0.15) is 64.7 Å². The van der Waals surface area contributed by atoms with Crippen LogP contribution in [0.15, 0.2) is 12.2 Å². The molecule has 0 aromatic heterocycles. The summed E-state index contributed by atoms with van der Waals surface area (Å²) in [5.74, 6) is 0.689.